The van der Waals surface area contributed by atoms with E-state index in [0.717, 1.165) is 18.2 Å². The minimum absolute atomic E-state index is 0.0678. The summed E-state index contributed by atoms with van der Waals surface area (Å²) in [6.07, 6.45) is -12.5. The van der Waals surface area contributed by atoms with Crippen LogP contribution >= 0.6 is 0 Å². The lowest BCUT2D eigenvalue weighted by atomic mass is 10.1. The minimum atomic E-state index is -5.37. The second kappa shape index (κ2) is 6.97. The molecule has 0 aliphatic rings. The Morgan fingerprint density at radius 3 is 2.21 bits per heavy atom. The molecule has 0 radical (unpaired) electrons. The van der Waals surface area contributed by atoms with Crippen molar-refractivity contribution in [3.05, 3.63) is 29.8 Å². The number of likely N-dealkylation sites (N-methyl/N-ethyl adjacent to an activating group) is 1. The van der Waals surface area contributed by atoms with Crippen molar-refractivity contribution in [3.8, 4) is 5.75 Å². The lowest BCUT2D eigenvalue weighted by molar-refractivity contribution is -0.207. The second-order valence-corrected chi connectivity index (χ2v) is 4.67. The van der Waals surface area contributed by atoms with E-state index in [1.165, 1.54) is 6.07 Å². The Balaban J connectivity index is 3.06. The molecule has 1 amide bonds. The lowest BCUT2D eigenvalue weighted by Crippen LogP contribution is -2.41. The second-order valence-electron chi connectivity index (χ2n) is 4.67. The van der Waals surface area contributed by atoms with Crippen LogP contribution in [0.3, 0.4) is 0 Å². The average molecular weight is 359 g/mol. The Bertz CT molecular complexity index is 613. The maximum absolute atomic E-state index is 12.3. The zero-order valence-electron chi connectivity index (χ0n) is 12.0. The van der Waals surface area contributed by atoms with E-state index in [2.05, 4.69) is 4.74 Å². The molecule has 0 saturated carbocycles. The van der Waals surface area contributed by atoms with Crippen LogP contribution in [0.1, 0.15) is 11.7 Å². The van der Waals surface area contributed by atoms with Crippen molar-refractivity contribution in [2.45, 2.75) is 18.5 Å². The summed E-state index contributed by atoms with van der Waals surface area (Å²) in [7, 11) is 0.688. The third-order valence-corrected chi connectivity index (χ3v) is 2.75. The normalized spacial score (nSPS) is 13.3. The zero-order valence-corrected chi connectivity index (χ0v) is 12.0. The maximum atomic E-state index is 12.3. The first-order valence-corrected chi connectivity index (χ1v) is 6.21. The minimum Gasteiger partial charge on any atom is -0.508 e. The van der Waals surface area contributed by atoms with Crippen LogP contribution in [0, 0.1) is 0 Å². The number of phenolic OH excluding ortho intramolecular Hbond substituents is 1. The molecule has 0 unspecified atom stereocenters. The molecule has 0 heterocycles. The molecule has 1 atom stereocenters. The van der Waals surface area contributed by atoms with E-state index < -0.39 is 42.6 Å². The molecule has 24 heavy (non-hydrogen) atoms. The summed E-state index contributed by atoms with van der Waals surface area (Å²) in [6.45, 7) is -0.996. The number of aromatic hydroxyl groups is 1. The van der Waals surface area contributed by atoms with E-state index in [4.69, 9.17) is 0 Å². The van der Waals surface area contributed by atoms with Crippen LogP contribution in [-0.4, -0.2) is 47.8 Å². The van der Waals surface area contributed by atoms with E-state index in [-0.39, 0.29) is 10.5 Å². The summed E-state index contributed by atoms with van der Waals surface area (Å²) < 4.78 is 78.1. The molecular formula is C13H11F6NO4. The molecular weight excluding hydrogens is 348 g/mol. The number of phenols is 1. The zero-order chi connectivity index (χ0) is 18.7. The molecule has 0 aromatic heterocycles. The van der Waals surface area contributed by atoms with Crippen LogP contribution in [0.5, 0.6) is 5.75 Å². The van der Waals surface area contributed by atoms with Crippen molar-refractivity contribution in [2.24, 2.45) is 0 Å². The van der Waals surface area contributed by atoms with Crippen molar-refractivity contribution in [2.75, 3.05) is 13.6 Å². The number of carbonyl (C=O) groups excluding carboxylic acids is 2. The smallest absolute Gasteiger partial charge is 0.490 e. The molecule has 134 valence electrons. The monoisotopic (exact) mass is 359 g/mol. The van der Waals surface area contributed by atoms with Gasteiger partial charge in [0.05, 0.1) is 6.54 Å². The fourth-order valence-electron chi connectivity index (χ4n) is 1.68. The Kier molecular flexibility index (Phi) is 5.69. The Morgan fingerprint density at radius 2 is 1.75 bits per heavy atom. The fraction of sp³-hybridized carbons (Fsp3) is 0.385. The quantitative estimate of drug-likeness (QED) is 0.663. The van der Waals surface area contributed by atoms with Gasteiger partial charge >= 0.3 is 24.2 Å². The van der Waals surface area contributed by atoms with E-state index in [1.807, 2.05) is 0 Å². The maximum Gasteiger partial charge on any atom is 0.490 e. The first-order valence-electron chi connectivity index (χ1n) is 6.21. The first kappa shape index (κ1) is 19.6. The summed E-state index contributed by atoms with van der Waals surface area (Å²) >= 11 is 0. The third-order valence-electron chi connectivity index (χ3n) is 2.75. The summed E-state index contributed by atoms with van der Waals surface area (Å²) in [5.74, 6) is -5.37. The van der Waals surface area contributed by atoms with Gasteiger partial charge in [0.1, 0.15) is 11.9 Å². The molecule has 0 spiro atoms. The van der Waals surface area contributed by atoms with E-state index in [9.17, 15) is 41.0 Å². The SMILES string of the molecule is CN(C[C@H](OC(=O)C(F)(F)F)c1cccc(O)c1)C(=O)C(F)(F)F. The van der Waals surface area contributed by atoms with Gasteiger partial charge < -0.3 is 14.7 Å². The van der Waals surface area contributed by atoms with Crippen molar-refractivity contribution < 1.29 is 45.8 Å². The highest BCUT2D eigenvalue weighted by Gasteiger charge is 2.45. The Hall–Kier alpha value is -2.46. The van der Waals surface area contributed by atoms with Gasteiger partial charge in [-0.3, -0.25) is 4.79 Å². The summed E-state index contributed by atoms with van der Waals surface area (Å²) in [5.41, 5.74) is -0.213. The van der Waals surface area contributed by atoms with Crippen molar-refractivity contribution in [3.63, 3.8) is 0 Å². The van der Waals surface area contributed by atoms with E-state index in [0.29, 0.717) is 7.05 Å². The predicted octanol–water partition coefficient (Wildman–Crippen LogP) is 2.56. The van der Waals surface area contributed by atoms with Crippen LogP contribution in [-0.2, 0) is 14.3 Å². The number of esters is 1. The van der Waals surface area contributed by atoms with E-state index in [1.54, 1.807) is 0 Å². The molecule has 0 fully saturated rings. The lowest BCUT2D eigenvalue weighted by Gasteiger charge is -2.25. The van der Waals surface area contributed by atoms with Gasteiger partial charge in [0.15, 0.2) is 0 Å². The first-order chi connectivity index (χ1) is 10.8. The average Bonchev–Trinajstić information content (AvgIpc) is 2.43. The van der Waals surface area contributed by atoms with Crippen LogP contribution < -0.4 is 0 Å². The fourth-order valence-corrected chi connectivity index (χ4v) is 1.68. The highest BCUT2D eigenvalue weighted by Crippen LogP contribution is 2.27. The Labute approximate surface area is 131 Å². The number of hydrogen-bond acceptors (Lipinski definition) is 4. The third kappa shape index (κ3) is 5.32. The molecule has 1 aromatic carbocycles. The number of nitrogens with zero attached hydrogens (tertiary/aromatic N) is 1. The molecule has 0 aliphatic carbocycles. The van der Waals surface area contributed by atoms with Crippen molar-refractivity contribution >= 4 is 11.9 Å². The van der Waals surface area contributed by atoms with Gasteiger partial charge in [-0.05, 0) is 17.7 Å². The van der Waals surface area contributed by atoms with Crippen molar-refractivity contribution in [1.29, 1.82) is 0 Å². The van der Waals surface area contributed by atoms with Gasteiger partial charge in [-0.2, -0.15) is 26.3 Å². The number of ether oxygens (including phenoxy) is 1. The molecule has 1 N–H and O–H groups in total. The molecule has 0 saturated heterocycles. The highest BCUT2D eigenvalue weighted by molar-refractivity contribution is 5.81. The summed E-state index contributed by atoms with van der Waals surface area (Å²) in [5, 5.41) is 9.31. The number of carbonyl (C=O) groups is 2. The number of alkyl halides is 6. The highest BCUT2D eigenvalue weighted by atomic mass is 19.4. The van der Waals surface area contributed by atoms with Gasteiger partial charge in [-0.25, -0.2) is 4.79 Å². The summed E-state index contributed by atoms with van der Waals surface area (Å²) in [6, 6.07) is 4.36. The standard InChI is InChI=1S/C13H11F6NO4/c1-20(10(22)12(14,15)16)6-9(24-11(23)13(17,18)19)7-3-2-4-8(21)5-7/h2-5,9,21H,6H2,1H3/t9-/m0/s1. The van der Waals surface area contributed by atoms with Crippen LogP contribution in [0.15, 0.2) is 24.3 Å². The summed E-state index contributed by atoms with van der Waals surface area (Å²) in [4.78, 5) is 22.1. The molecule has 11 heteroatoms. The molecule has 0 aliphatic heterocycles. The van der Waals surface area contributed by atoms with Gasteiger partial charge in [-0.1, -0.05) is 12.1 Å². The number of benzene rings is 1. The number of halogens is 6. The van der Waals surface area contributed by atoms with Crippen LogP contribution in [0.2, 0.25) is 0 Å². The number of amides is 1. The number of hydrogen-bond donors (Lipinski definition) is 1. The molecule has 1 aromatic rings. The predicted molar refractivity (Wildman–Crippen MR) is 66.7 cm³/mol. The topological polar surface area (TPSA) is 66.8 Å². The molecule has 1 rings (SSSR count). The van der Waals surface area contributed by atoms with Crippen LogP contribution in [0.4, 0.5) is 26.3 Å². The van der Waals surface area contributed by atoms with Gasteiger partial charge in [-0.15, -0.1) is 0 Å². The van der Waals surface area contributed by atoms with E-state index >= 15 is 0 Å². The Morgan fingerprint density at radius 1 is 1.17 bits per heavy atom. The molecule has 5 nitrogen and oxygen atoms in total. The van der Waals surface area contributed by atoms with Crippen LogP contribution in [0.25, 0.3) is 0 Å². The van der Waals surface area contributed by atoms with Crippen molar-refractivity contribution in [1.82, 2.24) is 4.90 Å². The number of rotatable bonds is 4. The van der Waals surface area contributed by atoms with Gasteiger partial charge in [0, 0.05) is 7.05 Å². The van der Waals surface area contributed by atoms with Gasteiger partial charge in [0.2, 0.25) is 0 Å². The van der Waals surface area contributed by atoms with Gasteiger partial charge in [0.25, 0.3) is 0 Å². The molecule has 0 bridgehead atoms. The largest absolute Gasteiger partial charge is 0.508 e.